The van der Waals surface area contributed by atoms with E-state index in [0.717, 1.165) is 42.9 Å². The summed E-state index contributed by atoms with van der Waals surface area (Å²) in [6.07, 6.45) is 3.69. The Kier molecular flexibility index (Phi) is 6.34. The second kappa shape index (κ2) is 8.52. The quantitative estimate of drug-likeness (QED) is 0.476. The number of rotatable bonds is 7. The van der Waals surface area contributed by atoms with Crippen LogP contribution in [0.15, 0.2) is 29.4 Å². The predicted molar refractivity (Wildman–Crippen MR) is 80.5 cm³/mol. The highest BCUT2D eigenvalue weighted by atomic mass is 16.5. The van der Waals surface area contributed by atoms with Crippen molar-refractivity contribution < 1.29 is 19.4 Å². The molecular formula is C16H23NO4. The first kappa shape index (κ1) is 15.6. The molecule has 2 rings (SSSR count). The molecule has 5 heteroatoms. The smallest absolute Gasteiger partial charge is 0.161 e. The molecule has 0 atom stereocenters. The van der Waals surface area contributed by atoms with E-state index in [0.29, 0.717) is 19.8 Å². The Bertz CT molecular complexity index is 451. The maximum atomic E-state index is 8.70. The minimum Gasteiger partial charge on any atom is -0.490 e. The Morgan fingerprint density at radius 3 is 2.38 bits per heavy atom. The molecule has 1 fully saturated rings. The first-order valence-electron chi connectivity index (χ1n) is 7.49. The summed E-state index contributed by atoms with van der Waals surface area (Å²) in [4.78, 5) is 0. The molecule has 0 aromatic heterocycles. The zero-order chi connectivity index (χ0) is 14.9. The fourth-order valence-electron chi connectivity index (χ4n) is 2.40. The molecule has 116 valence electrons. The molecule has 1 aliphatic carbocycles. The minimum absolute atomic E-state index is 0.237. The lowest BCUT2D eigenvalue weighted by Gasteiger charge is -2.22. The topological polar surface area (TPSA) is 60.3 Å². The number of benzene rings is 1. The zero-order valence-corrected chi connectivity index (χ0v) is 12.5. The Hall–Kier alpha value is -1.75. The molecule has 1 aromatic carbocycles. The minimum atomic E-state index is 0.237. The lowest BCUT2D eigenvalue weighted by Crippen LogP contribution is -2.23. The third kappa shape index (κ3) is 4.93. The number of nitrogens with zero attached hydrogens (tertiary/aromatic N) is 1. The number of hydrogen-bond acceptors (Lipinski definition) is 5. The van der Waals surface area contributed by atoms with Crippen molar-refractivity contribution in [2.75, 3.05) is 19.8 Å². The van der Waals surface area contributed by atoms with E-state index < -0.39 is 0 Å². The summed E-state index contributed by atoms with van der Waals surface area (Å²) in [5, 5.41) is 12.0. The lowest BCUT2D eigenvalue weighted by molar-refractivity contribution is 0.0221. The van der Waals surface area contributed by atoms with E-state index in [9.17, 15) is 0 Å². The van der Waals surface area contributed by atoms with Gasteiger partial charge in [-0.05, 0) is 44.7 Å². The van der Waals surface area contributed by atoms with Crippen molar-refractivity contribution in [3.05, 3.63) is 24.3 Å². The Labute approximate surface area is 125 Å². The van der Waals surface area contributed by atoms with E-state index in [2.05, 4.69) is 5.16 Å². The van der Waals surface area contributed by atoms with Crippen LogP contribution in [-0.2, 0) is 4.74 Å². The Morgan fingerprint density at radius 2 is 1.76 bits per heavy atom. The molecule has 21 heavy (non-hydrogen) atoms. The van der Waals surface area contributed by atoms with Gasteiger partial charge in [-0.2, -0.15) is 0 Å². The monoisotopic (exact) mass is 293 g/mol. The van der Waals surface area contributed by atoms with Crippen LogP contribution in [0.3, 0.4) is 0 Å². The summed E-state index contributed by atoms with van der Waals surface area (Å²) in [5.74, 6) is 1.52. The highest BCUT2D eigenvalue weighted by molar-refractivity contribution is 5.84. The van der Waals surface area contributed by atoms with Gasteiger partial charge in [0.15, 0.2) is 11.5 Å². The van der Waals surface area contributed by atoms with Gasteiger partial charge in [0.1, 0.15) is 6.61 Å². The third-order valence-electron chi connectivity index (χ3n) is 3.49. The largest absolute Gasteiger partial charge is 0.490 e. The average Bonchev–Trinajstić information content (AvgIpc) is 2.54. The molecule has 1 N–H and O–H groups in total. The van der Waals surface area contributed by atoms with E-state index in [1.54, 1.807) is 0 Å². The number of oxime groups is 1. The summed E-state index contributed by atoms with van der Waals surface area (Å²) in [6.45, 7) is 3.62. The molecule has 0 radical (unpaired) electrons. The van der Waals surface area contributed by atoms with E-state index in [4.69, 9.17) is 19.4 Å². The van der Waals surface area contributed by atoms with E-state index in [1.807, 2.05) is 31.2 Å². The van der Waals surface area contributed by atoms with Gasteiger partial charge in [0, 0.05) is 0 Å². The molecule has 1 aliphatic rings. The van der Waals surface area contributed by atoms with Gasteiger partial charge < -0.3 is 19.4 Å². The van der Waals surface area contributed by atoms with Crippen LogP contribution in [0.5, 0.6) is 11.5 Å². The highest BCUT2D eigenvalue weighted by Gasteiger charge is 2.18. The predicted octanol–water partition coefficient (Wildman–Crippen LogP) is 3.25. The van der Waals surface area contributed by atoms with Crippen LogP contribution in [0.2, 0.25) is 0 Å². The van der Waals surface area contributed by atoms with Crippen molar-refractivity contribution in [1.29, 1.82) is 0 Å². The summed E-state index contributed by atoms with van der Waals surface area (Å²) in [6, 6.07) is 7.65. The van der Waals surface area contributed by atoms with Crippen LogP contribution >= 0.6 is 0 Å². The molecule has 0 spiro atoms. The van der Waals surface area contributed by atoms with Gasteiger partial charge in [-0.1, -0.05) is 17.3 Å². The number of ether oxygens (including phenoxy) is 3. The van der Waals surface area contributed by atoms with Crippen molar-refractivity contribution in [3.63, 3.8) is 0 Å². The lowest BCUT2D eigenvalue weighted by atomic mass is 9.96. The van der Waals surface area contributed by atoms with Crippen LogP contribution in [-0.4, -0.2) is 36.8 Å². The summed E-state index contributed by atoms with van der Waals surface area (Å²) >= 11 is 0. The van der Waals surface area contributed by atoms with E-state index >= 15 is 0 Å². The maximum Gasteiger partial charge on any atom is 0.161 e. The maximum absolute atomic E-state index is 8.70. The van der Waals surface area contributed by atoms with Crippen LogP contribution in [0.1, 0.15) is 32.6 Å². The molecule has 0 bridgehead atoms. The van der Waals surface area contributed by atoms with Gasteiger partial charge in [-0.15, -0.1) is 0 Å². The second-order valence-electron chi connectivity index (χ2n) is 4.96. The molecule has 0 unspecified atom stereocenters. The second-order valence-corrected chi connectivity index (χ2v) is 4.96. The molecule has 1 saturated carbocycles. The van der Waals surface area contributed by atoms with Crippen LogP contribution in [0.25, 0.3) is 0 Å². The summed E-state index contributed by atoms with van der Waals surface area (Å²) < 4.78 is 17.0. The Balaban J connectivity index is 1.68. The Morgan fingerprint density at radius 1 is 1.10 bits per heavy atom. The van der Waals surface area contributed by atoms with E-state index in [-0.39, 0.29) is 6.10 Å². The van der Waals surface area contributed by atoms with Crippen LogP contribution in [0.4, 0.5) is 0 Å². The van der Waals surface area contributed by atoms with Crippen LogP contribution in [0, 0.1) is 0 Å². The summed E-state index contributed by atoms with van der Waals surface area (Å²) in [7, 11) is 0. The van der Waals surface area contributed by atoms with Gasteiger partial charge in [-0.3, -0.25) is 0 Å². The molecule has 1 aromatic rings. The fraction of sp³-hybridized carbons (Fsp3) is 0.562. The SMILES string of the molecule is CCOc1ccccc1OCCOC1CCC(=NO)CC1. The normalized spacial score (nSPS) is 18.3. The average molecular weight is 293 g/mol. The fourth-order valence-corrected chi connectivity index (χ4v) is 2.40. The van der Waals surface area contributed by atoms with Crippen molar-refractivity contribution >= 4 is 5.71 Å². The number of hydrogen-bond donors (Lipinski definition) is 1. The molecule has 0 saturated heterocycles. The summed E-state index contributed by atoms with van der Waals surface area (Å²) in [5.41, 5.74) is 0.872. The number of para-hydroxylation sites is 2. The molecule has 5 nitrogen and oxygen atoms in total. The first-order chi connectivity index (χ1) is 10.3. The van der Waals surface area contributed by atoms with Gasteiger partial charge >= 0.3 is 0 Å². The molecule has 0 heterocycles. The van der Waals surface area contributed by atoms with E-state index in [1.165, 1.54) is 0 Å². The molecular weight excluding hydrogens is 270 g/mol. The van der Waals surface area contributed by atoms with Gasteiger partial charge in [0.25, 0.3) is 0 Å². The molecule has 0 aliphatic heterocycles. The van der Waals surface area contributed by atoms with Gasteiger partial charge in [-0.25, -0.2) is 0 Å². The third-order valence-corrected chi connectivity index (χ3v) is 3.49. The standard InChI is InChI=1S/C16H23NO4/c1-2-19-15-5-3-4-6-16(15)21-12-11-20-14-9-7-13(17-18)8-10-14/h3-6,14,18H,2,7-12H2,1H3. The van der Waals surface area contributed by atoms with Crippen molar-refractivity contribution in [1.82, 2.24) is 0 Å². The van der Waals surface area contributed by atoms with Gasteiger partial charge in [0.2, 0.25) is 0 Å². The highest BCUT2D eigenvalue weighted by Crippen LogP contribution is 2.26. The van der Waals surface area contributed by atoms with Crippen LogP contribution < -0.4 is 9.47 Å². The van der Waals surface area contributed by atoms with Crippen molar-refractivity contribution in [3.8, 4) is 11.5 Å². The zero-order valence-electron chi connectivity index (χ0n) is 12.5. The molecule has 0 amide bonds. The first-order valence-corrected chi connectivity index (χ1v) is 7.49. The van der Waals surface area contributed by atoms with Gasteiger partial charge in [0.05, 0.1) is 25.0 Å². The van der Waals surface area contributed by atoms with Crippen molar-refractivity contribution in [2.45, 2.75) is 38.7 Å². The van der Waals surface area contributed by atoms with Crippen molar-refractivity contribution in [2.24, 2.45) is 5.16 Å².